The van der Waals surface area contributed by atoms with Gasteiger partial charge in [-0.2, -0.15) is 0 Å². The molecule has 0 heterocycles. The zero-order valence-corrected chi connectivity index (χ0v) is 14.5. The van der Waals surface area contributed by atoms with Gasteiger partial charge in [0.25, 0.3) is 0 Å². The predicted molar refractivity (Wildman–Crippen MR) is 99.1 cm³/mol. The van der Waals surface area contributed by atoms with Crippen molar-refractivity contribution in [2.24, 2.45) is 10.7 Å². The van der Waals surface area contributed by atoms with Crippen LogP contribution in [0.15, 0.2) is 53.5 Å². The molecule has 2 aromatic rings. The highest BCUT2D eigenvalue weighted by Gasteiger charge is 2.06. The van der Waals surface area contributed by atoms with Gasteiger partial charge in [-0.15, -0.1) is 0 Å². The van der Waals surface area contributed by atoms with E-state index >= 15 is 0 Å². The fourth-order valence-electron chi connectivity index (χ4n) is 2.30. The van der Waals surface area contributed by atoms with Crippen molar-refractivity contribution >= 4 is 11.6 Å². The van der Waals surface area contributed by atoms with Crippen LogP contribution in [0.5, 0.6) is 11.5 Å². The van der Waals surface area contributed by atoms with E-state index < -0.39 is 0 Å². The number of benzene rings is 2. The number of ether oxygens (including phenoxy) is 2. The first-order chi connectivity index (χ1) is 11.6. The van der Waals surface area contributed by atoms with Gasteiger partial charge in [-0.3, -0.25) is 0 Å². The quantitative estimate of drug-likeness (QED) is 0.463. The smallest absolute Gasteiger partial charge is 0.193 e. The van der Waals surface area contributed by atoms with Gasteiger partial charge in [0.2, 0.25) is 0 Å². The molecule has 2 aromatic carbocycles. The second-order valence-electron chi connectivity index (χ2n) is 5.66. The Kier molecular flexibility index (Phi) is 6.49. The van der Waals surface area contributed by atoms with Crippen molar-refractivity contribution in [3.63, 3.8) is 0 Å². The Labute approximate surface area is 143 Å². The highest BCUT2D eigenvalue weighted by atomic mass is 16.5. The van der Waals surface area contributed by atoms with E-state index in [0.717, 1.165) is 17.2 Å². The standard InChI is InChI=1S/C19H25N3O2/c1-14(2)17-9-4-5-10-18(17)24-12-11-21-19(20)22-15-7-6-8-16(13-15)23-3/h4-10,13-14H,11-12H2,1-3H3,(H3,20,21,22). The van der Waals surface area contributed by atoms with Crippen LogP contribution in [0.3, 0.4) is 0 Å². The molecular weight excluding hydrogens is 302 g/mol. The lowest BCUT2D eigenvalue weighted by molar-refractivity contribution is 0.324. The normalized spacial score (nSPS) is 11.4. The largest absolute Gasteiger partial charge is 0.497 e. The highest BCUT2D eigenvalue weighted by molar-refractivity contribution is 5.92. The van der Waals surface area contributed by atoms with Crippen LogP contribution in [-0.2, 0) is 0 Å². The Morgan fingerprint density at radius 2 is 1.96 bits per heavy atom. The molecule has 0 saturated heterocycles. The molecule has 0 radical (unpaired) electrons. The number of hydrogen-bond acceptors (Lipinski definition) is 3. The minimum Gasteiger partial charge on any atom is -0.497 e. The molecule has 0 spiro atoms. The summed E-state index contributed by atoms with van der Waals surface area (Å²) in [7, 11) is 1.63. The van der Waals surface area contributed by atoms with E-state index in [1.165, 1.54) is 5.56 Å². The number of nitrogens with one attached hydrogen (secondary N) is 1. The molecule has 5 heteroatoms. The Morgan fingerprint density at radius 3 is 2.71 bits per heavy atom. The zero-order chi connectivity index (χ0) is 17.4. The van der Waals surface area contributed by atoms with E-state index in [1.54, 1.807) is 7.11 Å². The molecule has 3 N–H and O–H groups in total. The number of hydrogen-bond donors (Lipinski definition) is 2. The maximum Gasteiger partial charge on any atom is 0.193 e. The van der Waals surface area contributed by atoms with E-state index in [2.05, 4.69) is 30.2 Å². The van der Waals surface area contributed by atoms with Gasteiger partial charge in [-0.1, -0.05) is 38.1 Å². The second-order valence-corrected chi connectivity index (χ2v) is 5.66. The first kappa shape index (κ1) is 17.7. The average molecular weight is 327 g/mol. The molecule has 0 amide bonds. The van der Waals surface area contributed by atoms with Crippen molar-refractivity contribution in [1.29, 1.82) is 0 Å². The zero-order valence-electron chi connectivity index (χ0n) is 14.5. The van der Waals surface area contributed by atoms with Gasteiger partial charge in [0, 0.05) is 11.8 Å². The SMILES string of the molecule is COc1cccc(NC(N)=NCCOc2ccccc2C(C)C)c1. The Bertz CT molecular complexity index is 684. The Hall–Kier alpha value is -2.69. The summed E-state index contributed by atoms with van der Waals surface area (Å²) in [6.07, 6.45) is 0. The molecule has 0 atom stereocenters. The maximum atomic E-state index is 5.90. The van der Waals surface area contributed by atoms with E-state index in [9.17, 15) is 0 Å². The van der Waals surface area contributed by atoms with Gasteiger partial charge in [0.1, 0.15) is 18.1 Å². The number of guanidine groups is 1. The summed E-state index contributed by atoms with van der Waals surface area (Å²) in [6.45, 7) is 5.26. The lowest BCUT2D eigenvalue weighted by Crippen LogP contribution is -2.23. The van der Waals surface area contributed by atoms with Crippen LogP contribution in [0.2, 0.25) is 0 Å². The Balaban J connectivity index is 1.85. The summed E-state index contributed by atoms with van der Waals surface area (Å²) in [5, 5.41) is 3.04. The van der Waals surface area contributed by atoms with Gasteiger partial charge in [0.15, 0.2) is 5.96 Å². The molecule has 0 aliphatic rings. The van der Waals surface area contributed by atoms with Crippen molar-refractivity contribution in [1.82, 2.24) is 0 Å². The lowest BCUT2D eigenvalue weighted by atomic mass is 10.0. The number of para-hydroxylation sites is 1. The van der Waals surface area contributed by atoms with E-state index in [0.29, 0.717) is 25.0 Å². The number of aliphatic imine (C=N–C) groups is 1. The van der Waals surface area contributed by atoms with Crippen LogP contribution in [0.4, 0.5) is 5.69 Å². The third kappa shape index (κ3) is 5.19. The molecule has 5 nitrogen and oxygen atoms in total. The first-order valence-corrected chi connectivity index (χ1v) is 8.03. The van der Waals surface area contributed by atoms with Crippen molar-refractivity contribution in [3.8, 4) is 11.5 Å². The average Bonchev–Trinajstić information content (AvgIpc) is 2.59. The van der Waals surface area contributed by atoms with Crippen LogP contribution >= 0.6 is 0 Å². The third-order valence-corrected chi connectivity index (χ3v) is 3.51. The van der Waals surface area contributed by atoms with Crippen molar-refractivity contribution in [2.75, 3.05) is 25.6 Å². The summed E-state index contributed by atoms with van der Waals surface area (Å²) in [5.41, 5.74) is 7.93. The van der Waals surface area contributed by atoms with Gasteiger partial charge in [-0.05, 0) is 29.7 Å². The van der Waals surface area contributed by atoms with E-state index in [1.807, 2.05) is 42.5 Å². The van der Waals surface area contributed by atoms with Crippen LogP contribution in [0, 0.1) is 0 Å². The minimum atomic E-state index is 0.351. The molecule has 0 fully saturated rings. The monoisotopic (exact) mass is 327 g/mol. The first-order valence-electron chi connectivity index (χ1n) is 8.03. The predicted octanol–water partition coefficient (Wildman–Crippen LogP) is 3.62. The highest BCUT2D eigenvalue weighted by Crippen LogP contribution is 2.25. The van der Waals surface area contributed by atoms with Crippen molar-refractivity contribution in [3.05, 3.63) is 54.1 Å². The summed E-state index contributed by atoms with van der Waals surface area (Å²) < 4.78 is 11.0. The van der Waals surface area contributed by atoms with Gasteiger partial charge in [-0.25, -0.2) is 4.99 Å². The van der Waals surface area contributed by atoms with Crippen LogP contribution in [-0.4, -0.2) is 26.2 Å². The minimum absolute atomic E-state index is 0.351. The topological polar surface area (TPSA) is 68.9 Å². The molecule has 128 valence electrons. The maximum absolute atomic E-state index is 5.90. The third-order valence-electron chi connectivity index (χ3n) is 3.51. The van der Waals surface area contributed by atoms with Gasteiger partial charge in [0.05, 0.1) is 13.7 Å². The summed E-state index contributed by atoms with van der Waals surface area (Å²) >= 11 is 0. The number of anilines is 1. The van der Waals surface area contributed by atoms with Gasteiger partial charge < -0.3 is 20.5 Å². The number of nitrogens with two attached hydrogens (primary N) is 1. The molecule has 0 aliphatic carbocycles. The van der Waals surface area contributed by atoms with E-state index in [-0.39, 0.29) is 0 Å². The van der Waals surface area contributed by atoms with Crippen molar-refractivity contribution in [2.45, 2.75) is 19.8 Å². The molecule has 0 bridgehead atoms. The fourth-order valence-corrected chi connectivity index (χ4v) is 2.30. The number of rotatable bonds is 7. The molecule has 0 aromatic heterocycles. The molecule has 0 unspecified atom stereocenters. The summed E-state index contributed by atoms with van der Waals surface area (Å²) in [4.78, 5) is 4.28. The van der Waals surface area contributed by atoms with Crippen LogP contribution in [0.1, 0.15) is 25.3 Å². The number of nitrogens with zero attached hydrogens (tertiary/aromatic N) is 1. The number of methoxy groups -OCH3 is 1. The van der Waals surface area contributed by atoms with Crippen LogP contribution in [0.25, 0.3) is 0 Å². The van der Waals surface area contributed by atoms with E-state index in [4.69, 9.17) is 15.2 Å². The fraction of sp³-hybridized carbons (Fsp3) is 0.316. The summed E-state index contributed by atoms with van der Waals surface area (Å²) in [5.74, 6) is 2.44. The molecule has 24 heavy (non-hydrogen) atoms. The molecule has 2 rings (SSSR count). The second kappa shape index (κ2) is 8.82. The molecular formula is C19H25N3O2. The molecule has 0 aliphatic heterocycles. The van der Waals surface area contributed by atoms with Gasteiger partial charge >= 0.3 is 0 Å². The molecule has 0 saturated carbocycles. The Morgan fingerprint density at radius 1 is 1.17 bits per heavy atom. The lowest BCUT2D eigenvalue weighted by Gasteiger charge is -2.13. The summed E-state index contributed by atoms with van der Waals surface area (Å²) in [6, 6.07) is 15.6. The van der Waals surface area contributed by atoms with Crippen LogP contribution < -0.4 is 20.5 Å². The van der Waals surface area contributed by atoms with Crippen molar-refractivity contribution < 1.29 is 9.47 Å².